The first kappa shape index (κ1) is 29.8. The lowest BCUT2D eigenvalue weighted by Crippen LogP contribution is -2.62. The van der Waals surface area contributed by atoms with Crippen LogP contribution in [0, 0.1) is 11.3 Å². The van der Waals surface area contributed by atoms with Gasteiger partial charge in [0.1, 0.15) is 18.1 Å². The molecule has 12 heteroatoms. The summed E-state index contributed by atoms with van der Waals surface area (Å²) in [7, 11) is 0. The van der Waals surface area contributed by atoms with Crippen LogP contribution in [0.4, 0.5) is 5.69 Å². The SMILES string of the molecule is CCO[C@@H]1OC(=O)CC1NC(=O)C1[C@H]2CCC(C2)N1C(=O)[C@@H](NC(=O)c1ccc(NC(C)=O)c(Cl)c1)C(C)(C)C. The number of benzene rings is 1. The molecule has 3 N–H and O–H groups in total. The number of likely N-dealkylation sites (tertiary alicyclic amines) is 1. The molecule has 11 nitrogen and oxygen atoms in total. The van der Waals surface area contributed by atoms with Gasteiger partial charge in [0.2, 0.25) is 24.0 Å². The predicted molar refractivity (Wildman–Crippen MR) is 146 cm³/mol. The number of ether oxygens (including phenoxy) is 2. The van der Waals surface area contributed by atoms with Crippen molar-refractivity contribution in [2.24, 2.45) is 11.3 Å². The smallest absolute Gasteiger partial charge is 0.310 e. The quantitative estimate of drug-likeness (QED) is 0.404. The van der Waals surface area contributed by atoms with Crippen LogP contribution in [0.2, 0.25) is 5.02 Å². The topological polar surface area (TPSA) is 143 Å². The fourth-order valence-electron chi connectivity index (χ4n) is 5.84. The van der Waals surface area contributed by atoms with E-state index in [-0.39, 0.29) is 46.7 Å². The van der Waals surface area contributed by atoms with Gasteiger partial charge in [-0.2, -0.15) is 0 Å². The first-order chi connectivity index (χ1) is 18.8. The molecule has 6 atom stereocenters. The normalized spacial score (nSPS) is 26.3. The summed E-state index contributed by atoms with van der Waals surface area (Å²) in [6, 6.07) is 2.06. The van der Waals surface area contributed by atoms with Gasteiger partial charge in [-0.25, -0.2) is 0 Å². The lowest BCUT2D eigenvalue weighted by molar-refractivity contribution is -0.165. The van der Waals surface area contributed by atoms with Crippen LogP contribution in [-0.2, 0) is 28.7 Å². The van der Waals surface area contributed by atoms with E-state index < -0.39 is 41.7 Å². The summed E-state index contributed by atoms with van der Waals surface area (Å²) < 4.78 is 10.7. The van der Waals surface area contributed by atoms with Crippen molar-refractivity contribution >= 4 is 46.9 Å². The molecule has 40 heavy (non-hydrogen) atoms. The molecule has 1 saturated carbocycles. The van der Waals surface area contributed by atoms with E-state index in [1.165, 1.54) is 25.1 Å². The minimum atomic E-state index is -0.934. The molecule has 2 bridgehead atoms. The lowest BCUT2D eigenvalue weighted by atomic mass is 9.84. The van der Waals surface area contributed by atoms with Crippen LogP contribution in [0.5, 0.6) is 0 Å². The van der Waals surface area contributed by atoms with Crippen LogP contribution in [0.15, 0.2) is 18.2 Å². The lowest BCUT2D eigenvalue weighted by Gasteiger charge is -2.40. The number of halogens is 1. The molecule has 1 aromatic rings. The highest BCUT2D eigenvalue weighted by atomic mass is 35.5. The number of carbonyl (C=O) groups is 5. The Labute approximate surface area is 238 Å². The molecular weight excluding hydrogens is 540 g/mol. The molecule has 2 heterocycles. The van der Waals surface area contributed by atoms with E-state index in [1.54, 1.807) is 11.8 Å². The largest absolute Gasteiger partial charge is 0.433 e. The predicted octanol–water partition coefficient (Wildman–Crippen LogP) is 2.62. The maximum atomic E-state index is 14.1. The average molecular weight is 577 g/mol. The number of nitrogens with zero attached hydrogens (tertiary/aromatic N) is 1. The molecule has 3 aliphatic rings. The number of rotatable bonds is 8. The van der Waals surface area contributed by atoms with Gasteiger partial charge < -0.3 is 30.3 Å². The molecule has 0 spiro atoms. The molecule has 0 radical (unpaired) electrons. The Morgan fingerprint density at radius 2 is 1.93 bits per heavy atom. The molecule has 4 amide bonds. The summed E-state index contributed by atoms with van der Waals surface area (Å²) >= 11 is 6.26. The first-order valence-corrected chi connectivity index (χ1v) is 14.0. The Kier molecular flexibility index (Phi) is 8.75. The van der Waals surface area contributed by atoms with Gasteiger partial charge in [-0.15, -0.1) is 0 Å². The van der Waals surface area contributed by atoms with Crippen molar-refractivity contribution in [3.8, 4) is 0 Å². The fraction of sp³-hybridized carbons (Fsp3) is 0.607. The number of hydrogen-bond donors (Lipinski definition) is 3. The summed E-state index contributed by atoms with van der Waals surface area (Å²) in [5.74, 6) is -1.96. The first-order valence-electron chi connectivity index (χ1n) is 13.6. The second kappa shape index (κ2) is 11.7. The number of fused-ring (bicyclic) bond motifs is 2. The monoisotopic (exact) mass is 576 g/mol. The van der Waals surface area contributed by atoms with Crippen LogP contribution < -0.4 is 16.0 Å². The highest BCUT2D eigenvalue weighted by Crippen LogP contribution is 2.44. The third-order valence-electron chi connectivity index (χ3n) is 7.66. The zero-order valence-electron chi connectivity index (χ0n) is 23.4. The Morgan fingerprint density at radius 1 is 1.20 bits per heavy atom. The van der Waals surface area contributed by atoms with Crippen molar-refractivity contribution in [3.05, 3.63) is 28.8 Å². The van der Waals surface area contributed by atoms with E-state index in [2.05, 4.69) is 16.0 Å². The number of amides is 4. The van der Waals surface area contributed by atoms with Crippen LogP contribution >= 0.6 is 11.6 Å². The van der Waals surface area contributed by atoms with E-state index in [1.807, 2.05) is 20.8 Å². The van der Waals surface area contributed by atoms with Crippen LogP contribution in [-0.4, -0.2) is 71.6 Å². The van der Waals surface area contributed by atoms with Crippen LogP contribution in [0.1, 0.15) is 70.7 Å². The van der Waals surface area contributed by atoms with Crippen molar-refractivity contribution in [2.45, 2.75) is 90.8 Å². The minimum absolute atomic E-state index is 0.00483. The molecule has 2 aliphatic heterocycles. The van der Waals surface area contributed by atoms with Gasteiger partial charge in [0.25, 0.3) is 5.91 Å². The second-order valence-corrected chi connectivity index (χ2v) is 12.1. The molecule has 1 aliphatic carbocycles. The molecule has 1 aromatic carbocycles. The Hall–Kier alpha value is -3.18. The zero-order valence-corrected chi connectivity index (χ0v) is 24.2. The van der Waals surface area contributed by atoms with Gasteiger partial charge >= 0.3 is 5.97 Å². The molecular formula is C28H37ClN4O7. The van der Waals surface area contributed by atoms with Crippen molar-refractivity contribution < 1.29 is 33.4 Å². The summed E-state index contributed by atoms with van der Waals surface area (Å²) in [6.45, 7) is 8.99. The molecule has 4 rings (SSSR count). The van der Waals surface area contributed by atoms with Gasteiger partial charge in [0, 0.05) is 25.1 Å². The number of hydrogen-bond acceptors (Lipinski definition) is 7. The van der Waals surface area contributed by atoms with E-state index in [0.717, 1.165) is 12.8 Å². The summed E-state index contributed by atoms with van der Waals surface area (Å²) in [6.07, 6.45) is 1.42. The standard InChI is InChI=1S/C28H37ClN4O7/c1-6-39-27-20(13-21(35)40-27)31-25(37)22-15-7-9-17(11-15)33(22)26(38)23(28(3,4)5)32-24(36)16-8-10-19(18(29)12-16)30-14(2)34/h8,10,12,15,17,20,22-23,27H,6-7,9,11,13H2,1-5H3,(H,30,34)(H,31,37)(H,32,36)/t15-,17?,20?,22?,23+,27+/m0/s1. The summed E-state index contributed by atoms with van der Waals surface area (Å²) in [5.41, 5.74) is -0.0790. The minimum Gasteiger partial charge on any atom is -0.433 e. The van der Waals surface area contributed by atoms with Gasteiger partial charge in [0.15, 0.2) is 0 Å². The van der Waals surface area contributed by atoms with Crippen molar-refractivity contribution in [1.29, 1.82) is 0 Å². The van der Waals surface area contributed by atoms with Crippen molar-refractivity contribution in [2.75, 3.05) is 11.9 Å². The van der Waals surface area contributed by atoms with Gasteiger partial charge in [-0.1, -0.05) is 32.4 Å². The Balaban J connectivity index is 1.53. The zero-order chi connectivity index (χ0) is 29.4. The molecule has 0 aromatic heterocycles. The third-order valence-corrected chi connectivity index (χ3v) is 7.97. The van der Waals surface area contributed by atoms with Crippen molar-refractivity contribution in [1.82, 2.24) is 15.5 Å². The highest BCUT2D eigenvalue weighted by Gasteiger charge is 2.54. The maximum Gasteiger partial charge on any atom is 0.310 e. The van der Waals surface area contributed by atoms with E-state index in [9.17, 15) is 24.0 Å². The summed E-state index contributed by atoms with van der Waals surface area (Å²) in [4.78, 5) is 65.8. The molecule has 218 valence electrons. The number of esters is 1. The third kappa shape index (κ3) is 6.25. The highest BCUT2D eigenvalue weighted by molar-refractivity contribution is 6.34. The van der Waals surface area contributed by atoms with Crippen molar-refractivity contribution in [3.63, 3.8) is 0 Å². The molecule has 3 unspecified atom stereocenters. The van der Waals surface area contributed by atoms with Crippen LogP contribution in [0.3, 0.4) is 0 Å². The Bertz CT molecular complexity index is 1200. The summed E-state index contributed by atoms with van der Waals surface area (Å²) in [5, 5.41) is 8.54. The number of cyclic esters (lactones) is 1. The van der Waals surface area contributed by atoms with E-state index >= 15 is 0 Å². The van der Waals surface area contributed by atoms with E-state index in [0.29, 0.717) is 18.7 Å². The number of piperidine rings is 1. The van der Waals surface area contributed by atoms with E-state index in [4.69, 9.17) is 21.1 Å². The average Bonchev–Trinajstić information content (AvgIpc) is 3.57. The molecule has 3 fully saturated rings. The van der Waals surface area contributed by atoms with Gasteiger partial charge in [-0.3, -0.25) is 24.0 Å². The fourth-order valence-corrected chi connectivity index (χ4v) is 6.07. The number of anilines is 1. The van der Waals surface area contributed by atoms with Gasteiger partial charge in [-0.05, 0) is 55.7 Å². The maximum absolute atomic E-state index is 14.1. The number of carbonyl (C=O) groups excluding carboxylic acids is 5. The second-order valence-electron chi connectivity index (χ2n) is 11.7. The number of nitrogens with one attached hydrogen (secondary N) is 3. The van der Waals surface area contributed by atoms with Gasteiger partial charge in [0.05, 0.1) is 17.1 Å². The van der Waals surface area contributed by atoms with Crippen LogP contribution in [0.25, 0.3) is 0 Å². The Morgan fingerprint density at radius 3 is 2.55 bits per heavy atom. The molecule has 2 saturated heterocycles.